The van der Waals surface area contributed by atoms with E-state index < -0.39 is 63.1 Å². The molecular weight excluding hydrogens is 446 g/mol. The summed E-state index contributed by atoms with van der Waals surface area (Å²) in [5.41, 5.74) is -6.83. The number of nitro benzene ring substituents is 3. The maximum Gasteiger partial charge on any atom is 0.423 e. The highest BCUT2D eigenvalue weighted by Gasteiger charge is 2.42. The van der Waals surface area contributed by atoms with Gasteiger partial charge in [-0.1, -0.05) is 24.3 Å². The molecule has 3 aromatic carbocycles. The Balaban J connectivity index is 0.000000242. The zero-order valence-electron chi connectivity index (χ0n) is 14.7. The molecule has 3 rings (SSSR count). The first-order valence-corrected chi connectivity index (χ1v) is 9.03. The van der Waals surface area contributed by atoms with Gasteiger partial charge in [0.25, 0.3) is 5.43 Å². The minimum atomic E-state index is -5.15. The monoisotopic (exact) mass is 453 g/mol. The average Bonchev–Trinajstić information content (AvgIpc) is 2.91. The third kappa shape index (κ3) is 4.28. The van der Waals surface area contributed by atoms with Gasteiger partial charge in [0.1, 0.15) is 0 Å². The average molecular weight is 453 g/mol. The maximum atomic E-state index is 11.0. The lowest BCUT2D eigenvalue weighted by Gasteiger charge is -2.01. The minimum Gasteiger partial charge on any atom is -0.285 e. The van der Waals surface area contributed by atoms with Gasteiger partial charge in [-0.25, -0.2) is 0 Å². The number of hydrogen-bond donors (Lipinski definition) is 1. The molecule has 31 heavy (non-hydrogen) atoms. The highest BCUT2D eigenvalue weighted by molar-refractivity contribution is 7.86. The zero-order chi connectivity index (χ0) is 23.7. The molecule has 160 valence electrons. The standard InChI is InChI=1S/C9H4O3.C6H3N3O9S/c10-7-5-3-1-2-4-6(5)8(11)9(7)12;10-7(11)3-1-2-4(19(16,17)18)6(9(14)15)5(3)8(12)13/h1-4H;1-2H,(H,16,17,18). The second kappa shape index (κ2) is 8.13. The largest absolute Gasteiger partial charge is 0.423 e. The van der Waals surface area contributed by atoms with Gasteiger partial charge in [-0.2, -0.15) is 8.42 Å². The molecule has 0 fully saturated rings. The number of hydrogen-bond acceptors (Lipinski definition) is 11. The summed E-state index contributed by atoms with van der Waals surface area (Å²) in [4.78, 5) is 59.2. The quantitative estimate of drug-likeness (QED) is 0.245. The van der Waals surface area contributed by atoms with E-state index in [-0.39, 0.29) is 10.8 Å². The van der Waals surface area contributed by atoms with Crippen molar-refractivity contribution in [1.82, 2.24) is 0 Å². The van der Waals surface area contributed by atoms with Crippen LogP contribution in [0.3, 0.4) is 0 Å². The Kier molecular flexibility index (Phi) is 5.99. The lowest BCUT2D eigenvalue weighted by Crippen LogP contribution is -2.29. The van der Waals surface area contributed by atoms with Crippen LogP contribution in [0.2, 0.25) is 0 Å². The molecule has 0 heterocycles. The lowest BCUT2D eigenvalue weighted by atomic mass is 10.2. The normalized spacial score (nSPS) is 10.9. The SMILES string of the molecule is O=[N+]([O-])c1ccc(S(=O)(=O)O)c([N+](=O)[O-])c1[N+](=O)[O-].O=c1c(=O)c2ccccc2c1=O. The minimum absolute atomic E-state index is 0.229. The Hall–Kier alpha value is -4.44. The molecule has 0 atom stereocenters. The van der Waals surface area contributed by atoms with Crippen LogP contribution in [0.1, 0.15) is 0 Å². The van der Waals surface area contributed by atoms with Crippen molar-refractivity contribution in [3.05, 3.63) is 97.4 Å². The van der Waals surface area contributed by atoms with Gasteiger partial charge in [0.05, 0.1) is 14.8 Å². The van der Waals surface area contributed by atoms with Gasteiger partial charge in [-0.15, -0.1) is 0 Å². The van der Waals surface area contributed by atoms with Crippen molar-refractivity contribution in [2.45, 2.75) is 4.90 Å². The van der Waals surface area contributed by atoms with Gasteiger partial charge in [-0.3, -0.25) is 49.3 Å². The van der Waals surface area contributed by atoms with Crippen LogP contribution < -0.4 is 16.3 Å². The van der Waals surface area contributed by atoms with Gasteiger partial charge >= 0.3 is 27.2 Å². The first kappa shape index (κ1) is 22.8. The van der Waals surface area contributed by atoms with Gasteiger partial charge in [0.2, 0.25) is 10.9 Å². The molecular formula is C15H7N3O12S. The molecule has 0 aliphatic heterocycles. The van der Waals surface area contributed by atoms with Crippen molar-refractivity contribution < 1.29 is 27.7 Å². The van der Waals surface area contributed by atoms with Crippen LogP contribution in [0.4, 0.5) is 17.1 Å². The molecule has 0 unspecified atom stereocenters. The summed E-state index contributed by atoms with van der Waals surface area (Å²) >= 11 is 0. The van der Waals surface area contributed by atoms with Gasteiger partial charge in [0, 0.05) is 16.8 Å². The summed E-state index contributed by atoms with van der Waals surface area (Å²) < 4.78 is 30.5. The number of benzene rings is 2. The first-order valence-electron chi connectivity index (χ1n) is 7.59. The molecule has 0 aliphatic carbocycles. The van der Waals surface area contributed by atoms with Crippen LogP contribution in [-0.4, -0.2) is 27.7 Å². The van der Waals surface area contributed by atoms with Gasteiger partial charge < -0.3 is 0 Å². The van der Waals surface area contributed by atoms with Crippen molar-refractivity contribution in [1.29, 1.82) is 0 Å². The fourth-order valence-corrected chi connectivity index (χ4v) is 3.14. The van der Waals surface area contributed by atoms with E-state index in [4.69, 9.17) is 4.55 Å². The Morgan fingerprint density at radius 2 is 1.13 bits per heavy atom. The number of nitrogens with zero attached hydrogens (tertiary/aromatic N) is 3. The zero-order valence-corrected chi connectivity index (χ0v) is 15.5. The van der Waals surface area contributed by atoms with Crippen LogP contribution in [0, 0.1) is 30.3 Å². The summed E-state index contributed by atoms with van der Waals surface area (Å²) in [7, 11) is -5.15. The van der Waals surface area contributed by atoms with Gasteiger partial charge in [-0.05, 0) is 6.07 Å². The lowest BCUT2D eigenvalue weighted by molar-refractivity contribution is -0.442. The van der Waals surface area contributed by atoms with Gasteiger partial charge in [0.15, 0.2) is 4.90 Å². The summed E-state index contributed by atoms with van der Waals surface area (Å²) in [5, 5.41) is 32.3. The van der Waals surface area contributed by atoms with E-state index in [0.29, 0.717) is 12.1 Å². The Bertz CT molecular complexity index is 1450. The third-order valence-electron chi connectivity index (χ3n) is 3.76. The molecule has 0 bridgehead atoms. The first-order chi connectivity index (χ1) is 14.3. The molecule has 15 nitrogen and oxygen atoms in total. The van der Waals surface area contributed by atoms with E-state index in [0.717, 1.165) is 0 Å². The molecule has 0 spiro atoms. The van der Waals surface area contributed by atoms with E-state index in [2.05, 4.69) is 0 Å². The summed E-state index contributed by atoms with van der Waals surface area (Å²) in [6.07, 6.45) is 0. The fraction of sp³-hybridized carbons (Fsp3) is 0. The number of nitro groups is 3. The molecule has 0 saturated carbocycles. The summed E-state index contributed by atoms with van der Waals surface area (Å²) in [6, 6.07) is 6.96. The topological polar surface area (TPSA) is 235 Å². The van der Waals surface area contributed by atoms with E-state index in [1.165, 1.54) is 12.1 Å². The van der Waals surface area contributed by atoms with Crippen LogP contribution in [0.15, 0.2) is 55.7 Å². The van der Waals surface area contributed by atoms with Crippen LogP contribution in [0.5, 0.6) is 0 Å². The van der Waals surface area contributed by atoms with Crippen molar-refractivity contribution in [3.8, 4) is 0 Å². The molecule has 0 radical (unpaired) electrons. The molecule has 3 aromatic rings. The third-order valence-corrected chi connectivity index (χ3v) is 4.65. The van der Waals surface area contributed by atoms with Crippen molar-refractivity contribution >= 4 is 38.0 Å². The fourth-order valence-electron chi connectivity index (χ4n) is 2.49. The smallest absolute Gasteiger partial charge is 0.285 e. The Labute approximate surface area is 168 Å². The van der Waals surface area contributed by atoms with E-state index in [1.54, 1.807) is 12.1 Å². The van der Waals surface area contributed by atoms with Crippen LogP contribution >= 0.6 is 0 Å². The van der Waals surface area contributed by atoms with E-state index in [9.17, 15) is 53.1 Å². The molecule has 0 aliphatic rings. The Morgan fingerprint density at radius 3 is 1.48 bits per heavy atom. The molecule has 0 saturated heterocycles. The highest BCUT2D eigenvalue weighted by atomic mass is 32.2. The molecule has 0 aromatic heterocycles. The molecule has 16 heteroatoms. The molecule has 1 N–H and O–H groups in total. The van der Waals surface area contributed by atoms with Crippen molar-refractivity contribution in [2.24, 2.45) is 0 Å². The van der Waals surface area contributed by atoms with Crippen LogP contribution in [-0.2, 0) is 10.1 Å². The maximum absolute atomic E-state index is 11.0. The number of fused-ring (bicyclic) bond motifs is 1. The van der Waals surface area contributed by atoms with Crippen molar-refractivity contribution in [2.75, 3.05) is 0 Å². The highest BCUT2D eigenvalue weighted by Crippen LogP contribution is 2.40. The summed E-state index contributed by atoms with van der Waals surface area (Å²) in [6.45, 7) is 0. The number of rotatable bonds is 4. The summed E-state index contributed by atoms with van der Waals surface area (Å²) in [5.74, 6) is 0. The van der Waals surface area contributed by atoms with E-state index in [1.807, 2.05) is 0 Å². The predicted octanol–water partition coefficient (Wildman–Crippen LogP) is 0.454. The second-order valence-corrected chi connectivity index (χ2v) is 6.95. The second-order valence-electron chi connectivity index (χ2n) is 5.56. The predicted molar refractivity (Wildman–Crippen MR) is 101 cm³/mol. The van der Waals surface area contributed by atoms with Crippen molar-refractivity contribution in [3.63, 3.8) is 0 Å². The Morgan fingerprint density at radius 1 is 0.677 bits per heavy atom. The van der Waals surface area contributed by atoms with E-state index >= 15 is 0 Å². The molecule has 0 amide bonds. The van der Waals surface area contributed by atoms with Crippen LogP contribution in [0.25, 0.3) is 10.8 Å².